The van der Waals surface area contributed by atoms with E-state index >= 15 is 0 Å². The monoisotopic (exact) mass is 466 g/mol. The van der Waals surface area contributed by atoms with Crippen LogP contribution < -0.4 is 21.9 Å². The highest BCUT2D eigenvalue weighted by atomic mass is 16.1. The molecule has 0 spiro atoms. The van der Waals surface area contributed by atoms with Crippen LogP contribution in [-0.4, -0.2) is 31.4 Å². The predicted molar refractivity (Wildman–Crippen MR) is 140 cm³/mol. The number of fused-ring (bicyclic) bond motifs is 1. The van der Waals surface area contributed by atoms with Gasteiger partial charge in [-0.1, -0.05) is 36.4 Å². The number of nitrogens with two attached hydrogens (primary N) is 1. The molecule has 0 fully saturated rings. The summed E-state index contributed by atoms with van der Waals surface area (Å²) in [5, 5.41) is 12.3. The van der Waals surface area contributed by atoms with Crippen LogP contribution in [0.1, 0.15) is 18.7 Å². The standard InChI is InChI=1S/C26H26N8O/c1-16(31-24-21(28-2)14-29-26(27)32-24)22-12-17-8-7-11-20(18-13-30-33(3)15-18)23(17)25(35)34(22)19-9-5-4-6-10-19/h4-16,28H,1-3H3,(H3,27,29,31,32). The molecule has 0 saturated heterocycles. The van der Waals surface area contributed by atoms with Crippen LogP contribution in [0.4, 0.5) is 17.5 Å². The van der Waals surface area contributed by atoms with E-state index in [4.69, 9.17) is 5.73 Å². The number of benzene rings is 2. The van der Waals surface area contributed by atoms with Crippen molar-refractivity contribution in [2.24, 2.45) is 7.05 Å². The molecule has 9 nitrogen and oxygen atoms in total. The first kappa shape index (κ1) is 22.1. The average molecular weight is 467 g/mol. The van der Waals surface area contributed by atoms with Crippen LogP contribution in [0, 0.1) is 0 Å². The third-order valence-corrected chi connectivity index (χ3v) is 5.98. The summed E-state index contributed by atoms with van der Waals surface area (Å²) in [6.07, 6.45) is 5.32. The number of aryl methyl sites for hydroxylation is 1. The van der Waals surface area contributed by atoms with Gasteiger partial charge in [0.25, 0.3) is 5.56 Å². The summed E-state index contributed by atoms with van der Waals surface area (Å²) in [5.41, 5.74) is 9.75. The van der Waals surface area contributed by atoms with E-state index in [2.05, 4.69) is 25.7 Å². The van der Waals surface area contributed by atoms with Gasteiger partial charge in [-0.25, -0.2) is 4.98 Å². The van der Waals surface area contributed by atoms with Gasteiger partial charge < -0.3 is 16.4 Å². The maximum atomic E-state index is 14.1. The molecule has 5 aromatic rings. The predicted octanol–water partition coefficient (Wildman–Crippen LogP) is 3.98. The molecule has 0 aliphatic rings. The van der Waals surface area contributed by atoms with Crippen molar-refractivity contribution >= 4 is 28.2 Å². The molecule has 176 valence electrons. The normalized spacial score (nSPS) is 12.0. The van der Waals surface area contributed by atoms with Crippen molar-refractivity contribution in [2.75, 3.05) is 23.4 Å². The molecule has 0 saturated carbocycles. The van der Waals surface area contributed by atoms with Gasteiger partial charge in [0.1, 0.15) is 0 Å². The molecule has 9 heteroatoms. The van der Waals surface area contributed by atoms with Gasteiger partial charge >= 0.3 is 0 Å². The number of anilines is 3. The van der Waals surface area contributed by atoms with Crippen LogP contribution in [0.15, 0.2) is 78.0 Å². The Bertz CT molecular complexity index is 1570. The lowest BCUT2D eigenvalue weighted by Gasteiger charge is -2.23. The van der Waals surface area contributed by atoms with E-state index in [0.29, 0.717) is 16.9 Å². The quantitative estimate of drug-likeness (QED) is 0.347. The number of nitrogen functional groups attached to an aromatic ring is 1. The molecular formula is C26H26N8O. The van der Waals surface area contributed by atoms with E-state index in [0.717, 1.165) is 27.9 Å². The van der Waals surface area contributed by atoms with E-state index in [9.17, 15) is 4.79 Å². The molecule has 1 atom stereocenters. The van der Waals surface area contributed by atoms with Gasteiger partial charge in [-0.2, -0.15) is 10.1 Å². The van der Waals surface area contributed by atoms with Crippen molar-refractivity contribution < 1.29 is 0 Å². The molecule has 0 amide bonds. The fraction of sp³-hybridized carbons (Fsp3) is 0.154. The zero-order valence-electron chi connectivity index (χ0n) is 19.7. The summed E-state index contributed by atoms with van der Waals surface area (Å²) in [6.45, 7) is 1.99. The van der Waals surface area contributed by atoms with Crippen molar-refractivity contribution in [1.29, 1.82) is 0 Å². The summed E-state index contributed by atoms with van der Waals surface area (Å²) in [6, 6.07) is 17.3. The molecule has 5 rings (SSSR count). The van der Waals surface area contributed by atoms with Crippen LogP contribution in [0.5, 0.6) is 0 Å². The number of pyridine rings is 1. The number of nitrogens with one attached hydrogen (secondary N) is 2. The largest absolute Gasteiger partial charge is 0.384 e. The molecule has 0 bridgehead atoms. The van der Waals surface area contributed by atoms with Crippen molar-refractivity contribution in [3.8, 4) is 16.8 Å². The minimum atomic E-state index is -0.282. The van der Waals surface area contributed by atoms with E-state index in [1.54, 1.807) is 28.7 Å². The third kappa shape index (κ3) is 4.08. The minimum absolute atomic E-state index is 0.104. The zero-order chi connectivity index (χ0) is 24.5. The number of hydrogen-bond acceptors (Lipinski definition) is 7. The smallest absolute Gasteiger partial charge is 0.263 e. The summed E-state index contributed by atoms with van der Waals surface area (Å²) in [4.78, 5) is 22.5. The molecule has 3 aromatic heterocycles. The molecule has 0 radical (unpaired) electrons. The highest BCUT2D eigenvalue weighted by Crippen LogP contribution is 2.30. The fourth-order valence-corrected chi connectivity index (χ4v) is 4.31. The minimum Gasteiger partial charge on any atom is -0.384 e. The van der Waals surface area contributed by atoms with Gasteiger partial charge in [0.2, 0.25) is 5.95 Å². The van der Waals surface area contributed by atoms with Crippen molar-refractivity contribution in [2.45, 2.75) is 13.0 Å². The van der Waals surface area contributed by atoms with Crippen molar-refractivity contribution in [3.05, 3.63) is 89.2 Å². The maximum Gasteiger partial charge on any atom is 0.263 e. The lowest BCUT2D eigenvalue weighted by Crippen LogP contribution is -2.26. The first-order valence-electron chi connectivity index (χ1n) is 11.3. The highest BCUT2D eigenvalue weighted by molar-refractivity contribution is 5.96. The first-order valence-corrected chi connectivity index (χ1v) is 11.3. The van der Waals surface area contributed by atoms with Crippen LogP contribution in [0.2, 0.25) is 0 Å². The second kappa shape index (κ2) is 8.94. The Morgan fingerprint density at radius 1 is 1.06 bits per heavy atom. The Kier molecular flexibility index (Phi) is 5.66. The first-order chi connectivity index (χ1) is 17.0. The zero-order valence-corrected chi connectivity index (χ0v) is 19.7. The highest BCUT2D eigenvalue weighted by Gasteiger charge is 2.20. The lowest BCUT2D eigenvalue weighted by molar-refractivity contribution is 0.768. The average Bonchev–Trinajstić information content (AvgIpc) is 3.30. The number of para-hydroxylation sites is 1. The van der Waals surface area contributed by atoms with Crippen molar-refractivity contribution in [1.82, 2.24) is 24.3 Å². The Balaban J connectivity index is 1.73. The molecular weight excluding hydrogens is 440 g/mol. The van der Waals surface area contributed by atoms with Gasteiger partial charge in [0, 0.05) is 37.2 Å². The Morgan fingerprint density at radius 2 is 1.86 bits per heavy atom. The number of hydrogen-bond donors (Lipinski definition) is 3. The lowest BCUT2D eigenvalue weighted by atomic mass is 9.99. The van der Waals surface area contributed by atoms with Crippen LogP contribution >= 0.6 is 0 Å². The molecule has 1 unspecified atom stereocenters. The van der Waals surface area contributed by atoms with Crippen LogP contribution in [-0.2, 0) is 7.05 Å². The Morgan fingerprint density at radius 3 is 2.57 bits per heavy atom. The molecule has 3 heterocycles. The van der Waals surface area contributed by atoms with E-state index in [1.807, 2.05) is 74.8 Å². The number of aromatic nitrogens is 5. The maximum absolute atomic E-state index is 14.1. The van der Waals surface area contributed by atoms with Gasteiger partial charge in [0.15, 0.2) is 5.82 Å². The number of rotatable bonds is 6. The van der Waals surface area contributed by atoms with Crippen LogP contribution in [0.25, 0.3) is 27.6 Å². The molecule has 4 N–H and O–H groups in total. The summed E-state index contributed by atoms with van der Waals surface area (Å²) in [7, 11) is 3.66. The van der Waals surface area contributed by atoms with Gasteiger partial charge in [-0.3, -0.25) is 14.0 Å². The number of nitrogens with zero attached hydrogens (tertiary/aromatic N) is 5. The topological polar surface area (TPSA) is 116 Å². The molecule has 0 aliphatic heterocycles. The van der Waals surface area contributed by atoms with Gasteiger partial charge in [-0.05, 0) is 36.1 Å². The van der Waals surface area contributed by atoms with Gasteiger partial charge in [-0.15, -0.1) is 0 Å². The second-order valence-corrected chi connectivity index (χ2v) is 8.32. The van der Waals surface area contributed by atoms with Gasteiger partial charge in [0.05, 0.1) is 29.5 Å². The van der Waals surface area contributed by atoms with E-state index in [1.165, 1.54) is 0 Å². The second-order valence-electron chi connectivity index (χ2n) is 8.32. The summed E-state index contributed by atoms with van der Waals surface area (Å²) in [5.74, 6) is 0.725. The Hall–Kier alpha value is -4.66. The van der Waals surface area contributed by atoms with Crippen LogP contribution in [0.3, 0.4) is 0 Å². The molecule has 35 heavy (non-hydrogen) atoms. The third-order valence-electron chi connectivity index (χ3n) is 5.98. The fourth-order valence-electron chi connectivity index (χ4n) is 4.31. The molecule has 0 aliphatic carbocycles. The van der Waals surface area contributed by atoms with Crippen molar-refractivity contribution in [3.63, 3.8) is 0 Å². The van der Waals surface area contributed by atoms with E-state index < -0.39 is 0 Å². The summed E-state index contributed by atoms with van der Waals surface area (Å²) < 4.78 is 3.49. The summed E-state index contributed by atoms with van der Waals surface area (Å²) >= 11 is 0. The van der Waals surface area contributed by atoms with E-state index in [-0.39, 0.29) is 17.5 Å². The SMILES string of the molecule is CNc1cnc(N)nc1NC(C)c1cc2cccc(-c3cnn(C)c3)c2c(=O)n1-c1ccccc1. The molecule has 2 aromatic carbocycles. The Labute approximate surface area is 202 Å².